The fraction of sp³-hybridized carbons (Fsp3) is 0.208. The van der Waals surface area contributed by atoms with Crippen LogP contribution in [0.1, 0.15) is 24.5 Å². The minimum atomic E-state index is -4.71. The van der Waals surface area contributed by atoms with Crippen molar-refractivity contribution in [2.24, 2.45) is 0 Å². The number of rotatable bonds is 6. The Morgan fingerprint density at radius 2 is 1.79 bits per heavy atom. The number of nitrogens with zero attached hydrogens (tertiary/aromatic N) is 3. The number of benzene rings is 2. The summed E-state index contributed by atoms with van der Waals surface area (Å²) in [7, 11) is 0. The van der Waals surface area contributed by atoms with Crippen molar-refractivity contribution in [3.05, 3.63) is 71.7 Å². The Bertz CT molecular complexity index is 1280. The first-order valence-electron chi connectivity index (χ1n) is 10.3. The van der Waals surface area contributed by atoms with Crippen molar-refractivity contribution in [3.8, 4) is 34.0 Å². The van der Waals surface area contributed by atoms with Gasteiger partial charge in [-0.2, -0.15) is 18.2 Å². The lowest BCUT2D eigenvalue weighted by Crippen LogP contribution is -2.08. The highest BCUT2D eigenvalue weighted by molar-refractivity contribution is 5.73. The van der Waals surface area contributed by atoms with Crippen LogP contribution in [-0.2, 0) is 6.18 Å². The van der Waals surface area contributed by atoms with Gasteiger partial charge in [0.2, 0.25) is 5.82 Å². The van der Waals surface area contributed by atoms with Crippen LogP contribution in [0.15, 0.2) is 59.3 Å². The molecule has 0 radical (unpaired) electrons. The van der Waals surface area contributed by atoms with Crippen molar-refractivity contribution < 1.29 is 22.1 Å². The predicted molar refractivity (Wildman–Crippen MR) is 117 cm³/mol. The van der Waals surface area contributed by atoms with Gasteiger partial charge in [0, 0.05) is 29.4 Å². The largest absolute Gasteiger partial charge is 0.417 e. The van der Waals surface area contributed by atoms with Crippen molar-refractivity contribution in [1.29, 1.82) is 0 Å². The van der Waals surface area contributed by atoms with Crippen LogP contribution in [0.4, 0.5) is 23.4 Å². The van der Waals surface area contributed by atoms with Gasteiger partial charge >= 0.3 is 6.18 Å². The molecule has 0 spiro atoms. The molecular weight excluding hydrogens is 436 g/mol. The van der Waals surface area contributed by atoms with Gasteiger partial charge in [-0.05, 0) is 48.7 Å². The van der Waals surface area contributed by atoms with E-state index in [1.807, 2.05) is 19.9 Å². The van der Waals surface area contributed by atoms with Gasteiger partial charge in [-0.1, -0.05) is 36.3 Å². The Kier molecular flexibility index (Phi) is 6.13. The number of anilines is 1. The number of aromatic nitrogens is 3. The normalized spacial score (nSPS) is 11.6. The van der Waals surface area contributed by atoms with Crippen molar-refractivity contribution in [2.45, 2.75) is 26.4 Å². The van der Waals surface area contributed by atoms with Crippen LogP contribution in [0.2, 0.25) is 0 Å². The van der Waals surface area contributed by atoms with Crippen LogP contribution in [0.5, 0.6) is 0 Å². The molecule has 0 unspecified atom stereocenters. The van der Waals surface area contributed by atoms with Crippen LogP contribution in [0.25, 0.3) is 34.0 Å². The molecule has 0 atom stereocenters. The first kappa shape index (κ1) is 22.4. The van der Waals surface area contributed by atoms with Gasteiger partial charge in [0.1, 0.15) is 11.6 Å². The third-order valence-electron chi connectivity index (χ3n) is 5.04. The number of pyridine rings is 1. The van der Waals surface area contributed by atoms with E-state index in [1.54, 1.807) is 6.20 Å². The van der Waals surface area contributed by atoms with Crippen LogP contribution in [0, 0.1) is 12.7 Å². The molecule has 4 rings (SSSR count). The highest BCUT2D eigenvalue weighted by Crippen LogP contribution is 2.40. The van der Waals surface area contributed by atoms with Crippen LogP contribution < -0.4 is 5.32 Å². The summed E-state index contributed by atoms with van der Waals surface area (Å²) in [6, 6.07) is 10.6. The number of aryl methyl sites for hydroxylation is 1. The fourth-order valence-electron chi connectivity index (χ4n) is 3.41. The molecule has 2 aromatic heterocycles. The van der Waals surface area contributed by atoms with Crippen LogP contribution in [-0.4, -0.2) is 21.7 Å². The molecule has 2 heterocycles. The Morgan fingerprint density at radius 3 is 2.48 bits per heavy atom. The topological polar surface area (TPSA) is 63.8 Å². The number of alkyl halides is 3. The lowest BCUT2D eigenvalue weighted by atomic mass is 9.96. The SMILES string of the molecule is CCCNc1ncc(-c2noc(-c3ccc(-c4ccccc4F)c(C(F)(F)F)c3)n2)cc1C. The zero-order chi connectivity index (χ0) is 23.6. The molecule has 170 valence electrons. The van der Waals surface area contributed by atoms with Gasteiger partial charge in [0.15, 0.2) is 0 Å². The van der Waals surface area contributed by atoms with E-state index in [-0.39, 0.29) is 28.4 Å². The lowest BCUT2D eigenvalue weighted by molar-refractivity contribution is -0.137. The molecule has 0 saturated carbocycles. The maximum atomic E-state index is 14.2. The summed E-state index contributed by atoms with van der Waals surface area (Å²) in [5, 5.41) is 7.10. The van der Waals surface area contributed by atoms with Gasteiger partial charge in [-0.15, -0.1) is 0 Å². The van der Waals surface area contributed by atoms with E-state index in [0.717, 1.165) is 36.5 Å². The summed E-state index contributed by atoms with van der Waals surface area (Å²) < 4.78 is 60.8. The van der Waals surface area contributed by atoms with Crippen molar-refractivity contribution in [3.63, 3.8) is 0 Å². The van der Waals surface area contributed by atoms with E-state index >= 15 is 0 Å². The van der Waals surface area contributed by atoms with E-state index < -0.39 is 17.6 Å². The number of nitrogens with one attached hydrogen (secondary N) is 1. The molecule has 0 bridgehead atoms. The number of hydrogen-bond donors (Lipinski definition) is 1. The molecule has 0 fully saturated rings. The van der Waals surface area contributed by atoms with Crippen molar-refractivity contribution in [1.82, 2.24) is 15.1 Å². The second-order valence-corrected chi connectivity index (χ2v) is 7.48. The van der Waals surface area contributed by atoms with Gasteiger partial charge in [-0.3, -0.25) is 0 Å². The second kappa shape index (κ2) is 9.01. The average molecular weight is 456 g/mol. The quantitative estimate of drug-likeness (QED) is 0.325. The first-order valence-corrected chi connectivity index (χ1v) is 10.3. The molecule has 9 heteroatoms. The van der Waals surface area contributed by atoms with Crippen molar-refractivity contribution >= 4 is 5.82 Å². The summed E-state index contributed by atoms with van der Waals surface area (Å²) >= 11 is 0. The van der Waals surface area contributed by atoms with E-state index in [4.69, 9.17) is 4.52 Å². The molecule has 4 aromatic rings. The monoisotopic (exact) mass is 456 g/mol. The highest BCUT2D eigenvalue weighted by atomic mass is 19.4. The van der Waals surface area contributed by atoms with Gasteiger partial charge in [-0.25, -0.2) is 9.37 Å². The minimum absolute atomic E-state index is 0.0760. The van der Waals surface area contributed by atoms with E-state index in [1.165, 1.54) is 30.3 Å². The van der Waals surface area contributed by atoms with E-state index in [9.17, 15) is 17.6 Å². The van der Waals surface area contributed by atoms with E-state index in [0.29, 0.717) is 5.56 Å². The number of halogens is 4. The maximum Gasteiger partial charge on any atom is 0.417 e. The van der Waals surface area contributed by atoms with E-state index in [2.05, 4.69) is 20.4 Å². The van der Waals surface area contributed by atoms with Crippen LogP contribution >= 0.6 is 0 Å². The molecule has 0 aliphatic rings. The van der Waals surface area contributed by atoms with Crippen molar-refractivity contribution in [2.75, 3.05) is 11.9 Å². The summed E-state index contributed by atoms with van der Waals surface area (Å²) in [5.41, 5.74) is 0.130. The van der Waals surface area contributed by atoms with Crippen LogP contribution in [0.3, 0.4) is 0 Å². The molecular formula is C24H20F4N4O. The molecule has 1 N–H and O–H groups in total. The lowest BCUT2D eigenvalue weighted by Gasteiger charge is -2.14. The molecule has 33 heavy (non-hydrogen) atoms. The Balaban J connectivity index is 1.70. The maximum absolute atomic E-state index is 14.2. The van der Waals surface area contributed by atoms with Gasteiger partial charge in [0.05, 0.1) is 5.56 Å². The molecule has 0 amide bonds. The fourth-order valence-corrected chi connectivity index (χ4v) is 3.41. The second-order valence-electron chi connectivity index (χ2n) is 7.48. The standard InChI is InChI=1S/C24H20F4N4O/c1-3-10-29-21-14(2)11-16(13-30-21)22-31-23(33-32-22)15-8-9-17(19(12-15)24(26,27)28)18-6-4-5-7-20(18)25/h4-9,11-13H,3,10H2,1-2H3,(H,29,30). The zero-order valence-corrected chi connectivity index (χ0v) is 17.9. The average Bonchev–Trinajstić information content (AvgIpc) is 3.28. The summed E-state index contributed by atoms with van der Waals surface area (Å²) in [5.74, 6) is 0.120. The first-order chi connectivity index (χ1) is 15.8. The summed E-state index contributed by atoms with van der Waals surface area (Å²) in [6.45, 7) is 4.71. The van der Waals surface area contributed by atoms with Gasteiger partial charge in [0.25, 0.3) is 5.89 Å². The zero-order valence-electron chi connectivity index (χ0n) is 17.9. The molecule has 0 aliphatic carbocycles. The Hall–Kier alpha value is -3.75. The molecule has 0 saturated heterocycles. The third-order valence-corrected chi connectivity index (χ3v) is 5.04. The Labute approximate surface area is 187 Å². The minimum Gasteiger partial charge on any atom is -0.370 e. The third kappa shape index (κ3) is 4.72. The molecule has 0 aliphatic heterocycles. The smallest absolute Gasteiger partial charge is 0.370 e. The summed E-state index contributed by atoms with van der Waals surface area (Å²) in [4.78, 5) is 8.60. The predicted octanol–water partition coefficient (Wildman–Crippen LogP) is 6.75. The highest BCUT2D eigenvalue weighted by Gasteiger charge is 2.35. The number of hydrogen-bond acceptors (Lipinski definition) is 5. The Morgan fingerprint density at radius 1 is 1.00 bits per heavy atom. The summed E-state index contributed by atoms with van der Waals surface area (Å²) in [6.07, 6.45) is -2.19. The van der Waals surface area contributed by atoms with Gasteiger partial charge < -0.3 is 9.84 Å². The molecule has 2 aromatic carbocycles. The molecule has 5 nitrogen and oxygen atoms in total.